The van der Waals surface area contributed by atoms with E-state index >= 15 is 0 Å². The van der Waals surface area contributed by atoms with Crippen molar-refractivity contribution in [3.05, 3.63) is 34.3 Å². The molecule has 1 aliphatic carbocycles. The summed E-state index contributed by atoms with van der Waals surface area (Å²) in [7, 11) is 0. The Morgan fingerprint density at radius 1 is 1.40 bits per heavy atom. The van der Waals surface area contributed by atoms with Crippen molar-refractivity contribution in [2.24, 2.45) is 0 Å². The van der Waals surface area contributed by atoms with Crippen LogP contribution in [0.1, 0.15) is 24.0 Å². The van der Waals surface area contributed by atoms with Gasteiger partial charge in [0.15, 0.2) is 0 Å². The lowest BCUT2D eigenvalue weighted by Gasteiger charge is -2.35. The van der Waals surface area contributed by atoms with E-state index in [9.17, 15) is 0 Å². The van der Waals surface area contributed by atoms with Gasteiger partial charge in [0.2, 0.25) is 0 Å². The Hall–Kier alpha value is -0.180. The van der Waals surface area contributed by atoms with E-state index in [1.165, 1.54) is 29.7 Å². The van der Waals surface area contributed by atoms with Crippen molar-refractivity contribution in [3.8, 4) is 0 Å². The van der Waals surface area contributed by atoms with Crippen LogP contribution in [0.25, 0.3) is 0 Å². The Labute approximate surface area is 99.6 Å². The summed E-state index contributed by atoms with van der Waals surface area (Å²) in [6.45, 7) is 1.15. The summed E-state index contributed by atoms with van der Waals surface area (Å²) < 4.78 is 0. The second-order valence-electron chi connectivity index (χ2n) is 4.26. The summed E-state index contributed by atoms with van der Waals surface area (Å²) >= 11 is 8.09. The SMILES string of the molecule is Clc1ccc2c(c1)CCC21NCCCS1. The standard InChI is InChI=1S/C12H14ClNS/c13-10-2-3-11-9(8-10)4-5-12(11)14-6-1-7-15-12/h2-3,8,14H,1,4-7H2. The number of hydrogen-bond acceptors (Lipinski definition) is 2. The van der Waals surface area contributed by atoms with Crippen LogP contribution in [0.5, 0.6) is 0 Å². The lowest BCUT2D eigenvalue weighted by atomic mass is 10.1. The average molecular weight is 240 g/mol. The molecule has 1 spiro atoms. The van der Waals surface area contributed by atoms with E-state index < -0.39 is 0 Å². The lowest BCUT2D eigenvalue weighted by molar-refractivity contribution is 0.466. The second-order valence-corrected chi connectivity index (χ2v) is 6.09. The van der Waals surface area contributed by atoms with Crippen LogP contribution in [-0.4, -0.2) is 12.3 Å². The second kappa shape index (κ2) is 3.69. The Kier molecular flexibility index (Phi) is 2.46. The van der Waals surface area contributed by atoms with E-state index in [2.05, 4.69) is 29.2 Å². The molecule has 3 rings (SSSR count). The van der Waals surface area contributed by atoms with Crippen molar-refractivity contribution in [1.29, 1.82) is 0 Å². The fraction of sp³-hybridized carbons (Fsp3) is 0.500. The van der Waals surface area contributed by atoms with E-state index in [0.717, 1.165) is 18.0 Å². The van der Waals surface area contributed by atoms with Gasteiger partial charge in [-0.15, -0.1) is 11.8 Å². The zero-order chi connectivity index (χ0) is 10.3. The number of fused-ring (bicyclic) bond motifs is 2. The van der Waals surface area contributed by atoms with Crippen molar-refractivity contribution in [2.75, 3.05) is 12.3 Å². The first-order valence-electron chi connectivity index (χ1n) is 5.48. The van der Waals surface area contributed by atoms with Gasteiger partial charge in [0.1, 0.15) is 0 Å². The lowest BCUT2D eigenvalue weighted by Crippen LogP contribution is -2.41. The molecule has 1 unspecified atom stereocenters. The molecule has 80 valence electrons. The summed E-state index contributed by atoms with van der Waals surface area (Å²) in [5, 5.41) is 4.56. The number of rotatable bonds is 0. The van der Waals surface area contributed by atoms with Gasteiger partial charge in [-0.1, -0.05) is 17.7 Å². The molecule has 3 heteroatoms. The Morgan fingerprint density at radius 3 is 3.13 bits per heavy atom. The van der Waals surface area contributed by atoms with Gasteiger partial charge in [-0.2, -0.15) is 0 Å². The van der Waals surface area contributed by atoms with Gasteiger partial charge in [0.25, 0.3) is 0 Å². The van der Waals surface area contributed by atoms with Crippen molar-refractivity contribution >= 4 is 23.4 Å². The number of thioether (sulfide) groups is 1. The van der Waals surface area contributed by atoms with Gasteiger partial charge in [0, 0.05) is 5.02 Å². The third-order valence-electron chi connectivity index (χ3n) is 3.33. The summed E-state index contributed by atoms with van der Waals surface area (Å²) in [6.07, 6.45) is 3.67. The van der Waals surface area contributed by atoms with Crippen LogP contribution in [0.15, 0.2) is 18.2 Å². The summed E-state index contributed by atoms with van der Waals surface area (Å²) in [5.41, 5.74) is 2.90. The van der Waals surface area contributed by atoms with E-state index in [1.54, 1.807) is 0 Å². The predicted molar refractivity (Wildman–Crippen MR) is 66.5 cm³/mol. The highest BCUT2D eigenvalue weighted by Gasteiger charge is 2.39. The molecule has 1 atom stereocenters. The Bertz CT molecular complexity index is 385. The predicted octanol–water partition coefficient (Wildman–Crippen LogP) is 3.17. The normalized spacial score (nSPS) is 29.4. The van der Waals surface area contributed by atoms with Crippen molar-refractivity contribution in [1.82, 2.24) is 5.32 Å². The van der Waals surface area contributed by atoms with Crippen LogP contribution in [0, 0.1) is 0 Å². The fourth-order valence-electron chi connectivity index (χ4n) is 2.60. The molecule has 0 bridgehead atoms. The molecule has 0 radical (unpaired) electrons. The third kappa shape index (κ3) is 1.59. The highest BCUT2D eigenvalue weighted by molar-refractivity contribution is 8.00. The molecule has 0 saturated carbocycles. The number of hydrogen-bond donors (Lipinski definition) is 1. The number of nitrogens with one attached hydrogen (secondary N) is 1. The van der Waals surface area contributed by atoms with Gasteiger partial charge in [-0.25, -0.2) is 0 Å². The topological polar surface area (TPSA) is 12.0 Å². The molecule has 1 aromatic carbocycles. The maximum absolute atomic E-state index is 6.02. The van der Waals surface area contributed by atoms with Gasteiger partial charge >= 0.3 is 0 Å². The number of benzene rings is 1. The minimum absolute atomic E-state index is 0.207. The average Bonchev–Trinajstić information content (AvgIpc) is 2.58. The van der Waals surface area contributed by atoms with Crippen molar-refractivity contribution in [3.63, 3.8) is 0 Å². The highest BCUT2D eigenvalue weighted by Crippen LogP contribution is 2.47. The molecule has 1 saturated heterocycles. The fourth-order valence-corrected chi connectivity index (χ4v) is 4.24. The highest BCUT2D eigenvalue weighted by atomic mass is 35.5. The third-order valence-corrected chi connectivity index (χ3v) is 5.12. The molecule has 1 aliphatic heterocycles. The Balaban J connectivity index is 2.03. The van der Waals surface area contributed by atoms with E-state index in [0.29, 0.717) is 0 Å². The molecule has 1 nitrogen and oxygen atoms in total. The van der Waals surface area contributed by atoms with Gasteiger partial charge in [-0.3, -0.25) is 5.32 Å². The van der Waals surface area contributed by atoms with E-state index in [4.69, 9.17) is 11.6 Å². The summed E-state index contributed by atoms with van der Waals surface area (Å²) in [4.78, 5) is 0.207. The summed E-state index contributed by atoms with van der Waals surface area (Å²) in [6, 6.07) is 6.35. The molecule has 1 aromatic rings. The number of halogens is 1. The van der Waals surface area contributed by atoms with Crippen molar-refractivity contribution < 1.29 is 0 Å². The van der Waals surface area contributed by atoms with Gasteiger partial charge in [0.05, 0.1) is 4.87 Å². The zero-order valence-corrected chi connectivity index (χ0v) is 10.1. The van der Waals surface area contributed by atoms with E-state index in [1.807, 2.05) is 6.07 Å². The molecule has 1 heterocycles. The molecular formula is C12H14ClNS. The van der Waals surface area contributed by atoms with Crippen LogP contribution < -0.4 is 5.32 Å². The molecule has 0 aromatic heterocycles. The van der Waals surface area contributed by atoms with Crippen LogP contribution in [0.2, 0.25) is 5.02 Å². The monoisotopic (exact) mass is 239 g/mol. The van der Waals surface area contributed by atoms with Gasteiger partial charge in [-0.05, 0) is 54.8 Å². The maximum Gasteiger partial charge on any atom is 0.0907 e. The quantitative estimate of drug-likeness (QED) is 0.747. The minimum atomic E-state index is 0.207. The first-order chi connectivity index (χ1) is 7.30. The summed E-state index contributed by atoms with van der Waals surface area (Å²) in [5.74, 6) is 1.27. The van der Waals surface area contributed by atoms with Gasteiger partial charge < -0.3 is 0 Å². The maximum atomic E-state index is 6.02. The largest absolute Gasteiger partial charge is 0.299 e. The van der Waals surface area contributed by atoms with E-state index in [-0.39, 0.29) is 4.87 Å². The molecule has 1 N–H and O–H groups in total. The molecule has 15 heavy (non-hydrogen) atoms. The van der Waals surface area contributed by atoms with Crippen LogP contribution in [-0.2, 0) is 11.3 Å². The zero-order valence-electron chi connectivity index (χ0n) is 8.55. The Morgan fingerprint density at radius 2 is 2.33 bits per heavy atom. The van der Waals surface area contributed by atoms with Crippen molar-refractivity contribution in [2.45, 2.75) is 24.1 Å². The molecule has 1 fully saturated rings. The van der Waals surface area contributed by atoms with Crippen LogP contribution >= 0.6 is 23.4 Å². The molecular weight excluding hydrogens is 226 g/mol. The first kappa shape index (κ1) is 10.0. The first-order valence-corrected chi connectivity index (χ1v) is 6.84. The minimum Gasteiger partial charge on any atom is -0.299 e. The van der Waals surface area contributed by atoms with Crippen LogP contribution in [0.4, 0.5) is 0 Å². The molecule has 0 amide bonds. The number of aryl methyl sites for hydroxylation is 1. The van der Waals surface area contributed by atoms with Crippen LogP contribution in [0.3, 0.4) is 0 Å². The molecule has 2 aliphatic rings. The smallest absolute Gasteiger partial charge is 0.0907 e.